The van der Waals surface area contributed by atoms with E-state index in [1.165, 1.54) is 0 Å². The number of phosphoric acid groups is 3. The number of aliphatic hydroxyl groups excluding tert-OH is 2. The van der Waals surface area contributed by atoms with Crippen molar-refractivity contribution in [2.24, 2.45) is 7.05 Å². The molecule has 1 saturated heterocycles. The Morgan fingerprint density at radius 3 is 2.33 bits per heavy atom. The number of para-hydroxylation sites is 1. The van der Waals surface area contributed by atoms with Gasteiger partial charge in [0.05, 0.1) is 24.4 Å². The van der Waals surface area contributed by atoms with Gasteiger partial charge < -0.3 is 34.5 Å². The van der Waals surface area contributed by atoms with Gasteiger partial charge >= 0.3 is 29.2 Å². The summed E-state index contributed by atoms with van der Waals surface area (Å²) in [5.74, 6) is 0. The molecule has 19 nitrogen and oxygen atoms in total. The largest absolute Gasteiger partial charge is 0.490 e. The van der Waals surface area contributed by atoms with Crippen LogP contribution in [0.15, 0.2) is 46.1 Å². The van der Waals surface area contributed by atoms with Crippen molar-refractivity contribution in [2.75, 3.05) is 6.61 Å². The molecule has 0 aliphatic carbocycles. The van der Waals surface area contributed by atoms with Gasteiger partial charge in [0.25, 0.3) is 5.56 Å². The molecule has 0 spiro atoms. The highest BCUT2D eigenvalue weighted by Gasteiger charge is 2.47. The second-order valence-corrected chi connectivity index (χ2v) is 12.9. The smallest absolute Gasteiger partial charge is 0.387 e. The van der Waals surface area contributed by atoms with E-state index in [2.05, 4.69) is 18.2 Å². The number of fused-ring (bicyclic) bond motifs is 1. The van der Waals surface area contributed by atoms with Gasteiger partial charge in [-0.2, -0.15) is 13.7 Å². The van der Waals surface area contributed by atoms with Crippen molar-refractivity contribution in [3.05, 3.63) is 63.1 Å². The van der Waals surface area contributed by atoms with Crippen LogP contribution in [0.5, 0.6) is 0 Å². The number of benzene rings is 1. The Hall–Kier alpha value is -2.34. The zero-order valence-corrected chi connectivity index (χ0v) is 22.9. The quantitative estimate of drug-likeness (QED) is 0.146. The molecule has 1 aromatic carbocycles. The molecule has 22 heteroatoms. The van der Waals surface area contributed by atoms with Crippen LogP contribution in [0.25, 0.3) is 10.9 Å². The number of nitrogens with zero attached hydrogens (tertiary/aromatic N) is 4. The van der Waals surface area contributed by atoms with Crippen LogP contribution in [0.3, 0.4) is 0 Å². The summed E-state index contributed by atoms with van der Waals surface area (Å²) in [5, 5.41) is 25.9. The lowest BCUT2D eigenvalue weighted by molar-refractivity contribution is -0.0547. The third-order valence-corrected chi connectivity index (χ3v) is 9.47. The number of rotatable bonds is 10. The Labute approximate surface area is 222 Å². The van der Waals surface area contributed by atoms with Crippen molar-refractivity contribution in [3.8, 4) is 0 Å². The molecule has 1 aliphatic rings. The predicted molar refractivity (Wildman–Crippen MR) is 131 cm³/mol. The van der Waals surface area contributed by atoms with Gasteiger partial charge in [-0.1, -0.05) is 18.2 Å². The molecule has 0 amide bonds. The van der Waals surface area contributed by atoms with Crippen LogP contribution >= 0.6 is 23.5 Å². The van der Waals surface area contributed by atoms with E-state index >= 15 is 0 Å². The van der Waals surface area contributed by atoms with Gasteiger partial charge in [0.2, 0.25) is 0 Å². The van der Waals surface area contributed by atoms with Crippen LogP contribution in [0.4, 0.5) is 0 Å². The number of aliphatic hydroxyl groups is 2. The van der Waals surface area contributed by atoms with Crippen LogP contribution in [0, 0.1) is 0 Å². The molecule has 0 saturated carbocycles. The van der Waals surface area contributed by atoms with Crippen molar-refractivity contribution >= 4 is 34.4 Å². The number of hydrogen-bond donors (Lipinski definition) is 6. The fourth-order valence-corrected chi connectivity index (χ4v) is 7.02. The SMILES string of the molecule is Cn1nc(Cn2c(=O)ccn([C@@H]3O[C@H](COP(=O)(O)OP(=O)(O)OP(=O)(O)O)[C@H](O)[C@@H]3O)c2=O)c2ccccc21. The van der Waals surface area contributed by atoms with Gasteiger partial charge in [0, 0.05) is 24.7 Å². The number of phosphoric ester groups is 1. The van der Waals surface area contributed by atoms with Gasteiger partial charge in [-0.05, 0) is 6.07 Å². The molecule has 2 unspecified atom stereocenters. The van der Waals surface area contributed by atoms with E-state index in [9.17, 15) is 43.3 Å². The normalized spacial score (nSPS) is 24.7. The Morgan fingerprint density at radius 1 is 0.975 bits per heavy atom. The first-order valence-corrected chi connectivity index (χ1v) is 15.5. The van der Waals surface area contributed by atoms with Crippen LogP contribution in [-0.2, 0) is 45.2 Å². The molecule has 6 N–H and O–H groups in total. The molecule has 0 bridgehead atoms. The molecule has 2 aromatic heterocycles. The maximum Gasteiger partial charge on any atom is 0.490 e. The van der Waals surface area contributed by atoms with E-state index in [4.69, 9.17) is 14.5 Å². The summed E-state index contributed by atoms with van der Waals surface area (Å²) in [4.78, 5) is 61.7. The van der Waals surface area contributed by atoms with Crippen LogP contribution < -0.4 is 11.2 Å². The van der Waals surface area contributed by atoms with Crippen LogP contribution in [-0.4, -0.2) is 73.6 Å². The van der Waals surface area contributed by atoms with Crippen LogP contribution in [0.2, 0.25) is 0 Å². The maximum absolute atomic E-state index is 13.2. The Balaban J connectivity index is 1.52. The number of aromatic nitrogens is 4. The minimum Gasteiger partial charge on any atom is -0.387 e. The lowest BCUT2D eigenvalue weighted by atomic mass is 10.1. The molecule has 3 aromatic rings. The van der Waals surface area contributed by atoms with Crippen molar-refractivity contribution in [3.63, 3.8) is 0 Å². The summed E-state index contributed by atoms with van der Waals surface area (Å²) >= 11 is 0. The van der Waals surface area contributed by atoms with Gasteiger partial charge in [-0.15, -0.1) is 0 Å². The zero-order valence-electron chi connectivity index (χ0n) is 20.2. The highest BCUT2D eigenvalue weighted by Crippen LogP contribution is 2.66. The number of ether oxygens (including phenoxy) is 1. The number of hydrogen-bond acceptors (Lipinski definition) is 12. The Bertz CT molecular complexity index is 1680. The summed E-state index contributed by atoms with van der Waals surface area (Å²) in [7, 11) is -15.3. The Kier molecular flexibility index (Phi) is 8.53. The minimum absolute atomic E-state index is 0.249. The fourth-order valence-electron chi connectivity index (χ4n) is 3.99. The molecule has 40 heavy (non-hydrogen) atoms. The molecule has 4 rings (SSSR count). The second-order valence-electron chi connectivity index (χ2n) is 8.45. The van der Waals surface area contributed by atoms with E-state index in [-0.39, 0.29) is 6.54 Å². The van der Waals surface area contributed by atoms with Crippen molar-refractivity contribution in [1.29, 1.82) is 0 Å². The molecule has 6 atom stereocenters. The molecular formula is C18H23N4O15P3. The monoisotopic (exact) mass is 628 g/mol. The van der Waals surface area contributed by atoms with Crippen LogP contribution in [0.1, 0.15) is 11.9 Å². The third kappa shape index (κ3) is 6.75. The average molecular weight is 628 g/mol. The Morgan fingerprint density at radius 2 is 1.65 bits per heavy atom. The summed E-state index contributed by atoms with van der Waals surface area (Å²) in [6.45, 7) is -1.33. The summed E-state index contributed by atoms with van der Waals surface area (Å²) in [6.07, 6.45) is -5.91. The average Bonchev–Trinajstić information content (AvgIpc) is 3.29. The van der Waals surface area contributed by atoms with E-state index in [1.807, 2.05) is 0 Å². The standard InChI is InChI=1S/C18H23N4O15P3/c1-20-12-5-3-2-4-10(12)11(19-20)8-22-14(23)6-7-21(18(22)26)17-16(25)15(24)13(35-17)9-34-39(30,31)37-40(32,33)36-38(27,28)29/h2-7,13,15-17,24-25H,8-9H2,1H3,(H,30,31)(H,32,33)(H2,27,28,29)/t13-,15+,16+,17-/m1/s1. The minimum atomic E-state index is -5.78. The van der Waals surface area contributed by atoms with Crippen molar-refractivity contribution in [1.82, 2.24) is 18.9 Å². The van der Waals surface area contributed by atoms with E-state index < -0.39 is 65.9 Å². The zero-order chi connectivity index (χ0) is 29.6. The summed E-state index contributed by atoms with van der Waals surface area (Å²) < 4.78 is 54.3. The molecular weight excluding hydrogens is 605 g/mol. The molecule has 3 heterocycles. The van der Waals surface area contributed by atoms with E-state index in [1.54, 1.807) is 36.0 Å². The van der Waals surface area contributed by atoms with E-state index in [0.717, 1.165) is 26.9 Å². The molecule has 1 aliphatic heterocycles. The molecule has 220 valence electrons. The first-order chi connectivity index (χ1) is 18.5. The first kappa shape index (κ1) is 30.6. The highest BCUT2D eigenvalue weighted by atomic mass is 31.3. The summed E-state index contributed by atoms with van der Waals surface area (Å²) in [5.41, 5.74) is -0.504. The van der Waals surface area contributed by atoms with Gasteiger partial charge in [0.1, 0.15) is 18.3 Å². The fraction of sp³-hybridized carbons (Fsp3) is 0.389. The third-order valence-electron chi connectivity index (χ3n) is 5.67. The van der Waals surface area contributed by atoms with Gasteiger partial charge in [-0.3, -0.25) is 23.1 Å². The van der Waals surface area contributed by atoms with Gasteiger partial charge in [0.15, 0.2) is 6.23 Å². The second kappa shape index (κ2) is 11.2. The highest BCUT2D eigenvalue weighted by molar-refractivity contribution is 7.66. The molecule has 0 radical (unpaired) electrons. The first-order valence-electron chi connectivity index (χ1n) is 11.0. The lowest BCUT2D eigenvalue weighted by Gasteiger charge is -2.19. The van der Waals surface area contributed by atoms with Gasteiger partial charge in [-0.25, -0.2) is 18.5 Å². The van der Waals surface area contributed by atoms with Crippen molar-refractivity contribution < 1.29 is 61.4 Å². The number of aryl methyl sites for hydroxylation is 1. The topological polar surface area (TPSA) is 271 Å². The summed E-state index contributed by atoms with van der Waals surface area (Å²) in [6, 6.07) is 8.11. The lowest BCUT2D eigenvalue weighted by Crippen LogP contribution is -2.43. The molecule has 1 fully saturated rings. The maximum atomic E-state index is 13.2. The van der Waals surface area contributed by atoms with E-state index in [0.29, 0.717) is 11.1 Å². The predicted octanol–water partition coefficient (Wildman–Crippen LogP) is -1.09. The van der Waals surface area contributed by atoms with Crippen molar-refractivity contribution in [2.45, 2.75) is 31.1 Å².